The third-order valence-electron chi connectivity index (χ3n) is 1.41. The van der Waals surface area contributed by atoms with Crippen molar-refractivity contribution in [2.75, 3.05) is 6.61 Å². The van der Waals surface area contributed by atoms with Crippen LogP contribution in [0.1, 0.15) is 13.8 Å². The molecule has 1 aliphatic heterocycles. The summed E-state index contributed by atoms with van der Waals surface area (Å²) in [7, 11) is -1.27. The minimum atomic E-state index is -1.27. The van der Waals surface area contributed by atoms with E-state index in [9.17, 15) is 4.57 Å². The smallest absolute Gasteiger partial charge is 0.141 e. The van der Waals surface area contributed by atoms with Crippen LogP contribution in [0.3, 0.4) is 0 Å². The minimum Gasteiger partial charge on any atom is -0.141 e. The van der Waals surface area contributed by atoms with Crippen LogP contribution in [-0.4, -0.2) is 12.3 Å². The van der Waals surface area contributed by atoms with Crippen LogP contribution in [0.2, 0.25) is 0 Å². The zero-order valence-corrected chi connectivity index (χ0v) is 6.02. The Kier molecular flexibility index (Phi) is 1.64. The molecule has 0 spiro atoms. The standard InChI is InChI=1S/C5H10O2P/c1-4(2)5-3-7-8(5)6/h4-5H,3H2,1-2H3/q+1. The van der Waals surface area contributed by atoms with E-state index in [-0.39, 0.29) is 0 Å². The molecule has 0 bridgehead atoms. The normalized spacial score (nSPS) is 32.9. The van der Waals surface area contributed by atoms with Gasteiger partial charge >= 0.3 is 8.03 Å². The zero-order valence-electron chi connectivity index (χ0n) is 5.13. The maximum atomic E-state index is 10.6. The van der Waals surface area contributed by atoms with Gasteiger partial charge in [-0.05, 0) is 4.57 Å². The van der Waals surface area contributed by atoms with Gasteiger partial charge in [0.2, 0.25) is 5.66 Å². The topological polar surface area (TPSA) is 26.3 Å². The van der Waals surface area contributed by atoms with Crippen LogP contribution in [0.5, 0.6) is 0 Å². The van der Waals surface area contributed by atoms with Gasteiger partial charge in [0.1, 0.15) is 0 Å². The minimum absolute atomic E-state index is 0.338. The van der Waals surface area contributed by atoms with E-state index >= 15 is 0 Å². The summed E-state index contributed by atoms with van der Waals surface area (Å²) in [5.41, 5.74) is 0.338. The molecule has 46 valence electrons. The van der Waals surface area contributed by atoms with Crippen molar-refractivity contribution >= 4 is 8.03 Å². The molecule has 0 aliphatic carbocycles. The highest BCUT2D eigenvalue weighted by molar-refractivity contribution is 7.41. The molecule has 1 aliphatic rings. The summed E-state index contributed by atoms with van der Waals surface area (Å²) in [5, 5.41) is 0. The van der Waals surface area contributed by atoms with E-state index in [1.54, 1.807) is 0 Å². The average molecular weight is 133 g/mol. The van der Waals surface area contributed by atoms with E-state index in [4.69, 9.17) is 4.52 Å². The van der Waals surface area contributed by atoms with E-state index in [2.05, 4.69) is 13.8 Å². The predicted octanol–water partition coefficient (Wildman–Crippen LogP) is 1.78. The molecule has 2 unspecified atom stereocenters. The van der Waals surface area contributed by atoms with Gasteiger partial charge in [0.15, 0.2) is 6.61 Å². The molecular formula is C5H10O2P+. The van der Waals surface area contributed by atoms with Crippen LogP contribution in [0.15, 0.2) is 0 Å². The summed E-state index contributed by atoms with van der Waals surface area (Å²) in [5.74, 6) is 0.521. The second kappa shape index (κ2) is 2.12. The molecule has 2 nitrogen and oxygen atoms in total. The average Bonchev–Trinajstić information content (AvgIpc) is 1.61. The maximum Gasteiger partial charge on any atom is 0.514 e. The largest absolute Gasteiger partial charge is 0.514 e. The first-order valence-electron chi connectivity index (χ1n) is 2.81. The highest BCUT2D eigenvalue weighted by atomic mass is 31.1. The number of hydrogen-bond acceptors (Lipinski definition) is 2. The summed E-state index contributed by atoms with van der Waals surface area (Å²) in [6, 6.07) is 0. The fourth-order valence-electron chi connectivity index (χ4n) is 0.657. The molecule has 0 aromatic rings. The zero-order chi connectivity index (χ0) is 6.15. The van der Waals surface area contributed by atoms with Crippen molar-refractivity contribution in [2.45, 2.75) is 19.5 Å². The van der Waals surface area contributed by atoms with Gasteiger partial charge in [-0.15, -0.1) is 4.52 Å². The van der Waals surface area contributed by atoms with Crippen LogP contribution in [-0.2, 0) is 9.09 Å². The lowest BCUT2D eigenvalue weighted by atomic mass is 10.1. The molecule has 8 heavy (non-hydrogen) atoms. The Balaban J connectivity index is 2.37. The van der Waals surface area contributed by atoms with Crippen molar-refractivity contribution in [1.29, 1.82) is 0 Å². The molecule has 2 atom stereocenters. The Hall–Kier alpha value is 0.0600. The van der Waals surface area contributed by atoms with Crippen LogP contribution in [0.4, 0.5) is 0 Å². The highest BCUT2D eigenvalue weighted by Crippen LogP contribution is 2.43. The SMILES string of the molecule is CC(C)C1CO[P+]1=O. The maximum absolute atomic E-state index is 10.6. The van der Waals surface area contributed by atoms with E-state index in [0.29, 0.717) is 18.2 Å². The highest BCUT2D eigenvalue weighted by Gasteiger charge is 2.46. The monoisotopic (exact) mass is 133 g/mol. The lowest BCUT2D eigenvalue weighted by Crippen LogP contribution is -2.25. The predicted molar refractivity (Wildman–Crippen MR) is 32.2 cm³/mol. The van der Waals surface area contributed by atoms with Gasteiger partial charge in [0.05, 0.1) is 0 Å². The van der Waals surface area contributed by atoms with Crippen molar-refractivity contribution in [1.82, 2.24) is 0 Å². The first-order valence-corrected chi connectivity index (χ1v) is 4.05. The van der Waals surface area contributed by atoms with Gasteiger partial charge in [-0.25, -0.2) is 0 Å². The van der Waals surface area contributed by atoms with Crippen LogP contribution >= 0.6 is 8.03 Å². The van der Waals surface area contributed by atoms with Crippen molar-refractivity contribution in [3.63, 3.8) is 0 Å². The van der Waals surface area contributed by atoms with Gasteiger partial charge in [-0.3, -0.25) is 0 Å². The van der Waals surface area contributed by atoms with Gasteiger partial charge in [-0.2, -0.15) is 0 Å². The molecule has 0 saturated carbocycles. The molecule has 3 heteroatoms. The Morgan fingerprint density at radius 3 is 2.38 bits per heavy atom. The van der Waals surface area contributed by atoms with Gasteiger partial charge in [-0.1, -0.05) is 13.8 Å². The number of hydrogen-bond donors (Lipinski definition) is 0. The molecular weight excluding hydrogens is 123 g/mol. The molecule has 1 saturated heterocycles. The fourth-order valence-corrected chi connectivity index (χ4v) is 1.59. The summed E-state index contributed by atoms with van der Waals surface area (Å²) in [4.78, 5) is 0. The summed E-state index contributed by atoms with van der Waals surface area (Å²) in [6.45, 7) is 4.84. The summed E-state index contributed by atoms with van der Waals surface area (Å²) >= 11 is 0. The van der Waals surface area contributed by atoms with Gasteiger partial charge in [0, 0.05) is 5.92 Å². The molecule has 0 amide bonds. The molecule has 0 aromatic heterocycles. The van der Waals surface area contributed by atoms with E-state index in [1.807, 2.05) is 0 Å². The van der Waals surface area contributed by atoms with Crippen molar-refractivity contribution in [2.24, 2.45) is 5.92 Å². The Bertz CT molecular complexity index is 111. The van der Waals surface area contributed by atoms with Crippen LogP contribution < -0.4 is 0 Å². The van der Waals surface area contributed by atoms with E-state index in [1.165, 1.54) is 0 Å². The van der Waals surface area contributed by atoms with E-state index in [0.717, 1.165) is 0 Å². The third kappa shape index (κ3) is 0.910. The Morgan fingerprint density at radius 1 is 1.75 bits per heavy atom. The first kappa shape index (κ1) is 6.18. The lowest BCUT2D eigenvalue weighted by Gasteiger charge is -2.13. The van der Waals surface area contributed by atoms with Crippen LogP contribution in [0, 0.1) is 5.92 Å². The van der Waals surface area contributed by atoms with Crippen molar-refractivity contribution in [3.8, 4) is 0 Å². The molecule has 0 aromatic carbocycles. The molecule has 0 N–H and O–H groups in total. The molecule has 1 rings (SSSR count). The molecule has 0 radical (unpaired) electrons. The fraction of sp³-hybridized carbons (Fsp3) is 1.00. The number of rotatable bonds is 1. The summed E-state index contributed by atoms with van der Waals surface area (Å²) < 4.78 is 15.3. The van der Waals surface area contributed by atoms with Crippen molar-refractivity contribution in [3.05, 3.63) is 0 Å². The Labute approximate surface area is 50.1 Å². The third-order valence-corrected chi connectivity index (χ3v) is 3.10. The molecule has 1 heterocycles. The summed E-state index contributed by atoms with van der Waals surface area (Å²) in [6.07, 6.45) is 0. The van der Waals surface area contributed by atoms with Crippen LogP contribution in [0.25, 0.3) is 0 Å². The van der Waals surface area contributed by atoms with E-state index < -0.39 is 8.03 Å². The van der Waals surface area contributed by atoms with Gasteiger partial charge < -0.3 is 0 Å². The second-order valence-corrected chi connectivity index (χ2v) is 3.88. The second-order valence-electron chi connectivity index (χ2n) is 2.39. The van der Waals surface area contributed by atoms with Crippen molar-refractivity contribution < 1.29 is 9.09 Å². The molecule has 1 fully saturated rings. The lowest BCUT2D eigenvalue weighted by molar-refractivity contribution is 0.230. The Morgan fingerprint density at radius 2 is 2.38 bits per heavy atom. The van der Waals surface area contributed by atoms with Gasteiger partial charge in [0.25, 0.3) is 0 Å². The quantitative estimate of drug-likeness (QED) is 0.509. The first-order chi connectivity index (χ1) is 3.72.